The van der Waals surface area contributed by atoms with Crippen LogP contribution in [0.25, 0.3) is 5.57 Å². The predicted octanol–water partition coefficient (Wildman–Crippen LogP) is 1.62. The van der Waals surface area contributed by atoms with Gasteiger partial charge in [-0.2, -0.15) is 0 Å². The molecule has 1 N–H and O–H groups in total. The molecule has 0 radical (unpaired) electrons. The van der Waals surface area contributed by atoms with Crippen molar-refractivity contribution in [2.45, 2.75) is 6.42 Å². The van der Waals surface area contributed by atoms with Crippen molar-refractivity contribution in [2.24, 2.45) is 0 Å². The van der Waals surface area contributed by atoms with Crippen LogP contribution in [0.15, 0.2) is 30.3 Å². The molecule has 0 fully saturated rings. The molecule has 0 unspecified atom stereocenters. The number of hydrogen-bond acceptors (Lipinski definition) is 4. The van der Waals surface area contributed by atoms with Crippen molar-refractivity contribution < 1.29 is 14.3 Å². The lowest BCUT2D eigenvalue weighted by Gasteiger charge is -2.14. The second-order valence-corrected chi connectivity index (χ2v) is 4.07. The summed E-state index contributed by atoms with van der Waals surface area (Å²) in [5.74, 6) is 0.304. The molecule has 0 aliphatic carbocycles. The number of benzene rings is 1. The molecule has 0 bridgehead atoms. The number of methoxy groups -OCH3 is 1. The average Bonchev–Trinajstić information content (AvgIpc) is 2.46. The van der Waals surface area contributed by atoms with Crippen molar-refractivity contribution in [1.82, 2.24) is 5.32 Å². The smallest absolute Gasteiger partial charge is 0.343 e. The lowest BCUT2D eigenvalue weighted by Crippen LogP contribution is -2.19. The van der Waals surface area contributed by atoms with Crippen molar-refractivity contribution >= 4 is 11.5 Å². The van der Waals surface area contributed by atoms with Crippen LogP contribution in [0.1, 0.15) is 12.0 Å². The largest absolute Gasteiger partial charge is 0.482 e. The third-order valence-corrected chi connectivity index (χ3v) is 2.87. The number of rotatable bonds is 4. The number of esters is 1. The van der Waals surface area contributed by atoms with E-state index in [1.165, 1.54) is 18.2 Å². The molecule has 2 rings (SSSR count). The average molecular weight is 247 g/mol. The van der Waals surface area contributed by atoms with Crippen molar-refractivity contribution in [2.75, 3.05) is 26.8 Å². The molecule has 0 saturated heterocycles. The summed E-state index contributed by atoms with van der Waals surface area (Å²) in [6, 6.07) is 7.79. The Morgan fingerprint density at radius 1 is 1.33 bits per heavy atom. The summed E-state index contributed by atoms with van der Waals surface area (Å²) in [5, 5.41) is 3.28. The Labute approximate surface area is 107 Å². The van der Waals surface area contributed by atoms with E-state index < -0.39 is 0 Å². The molecule has 0 saturated carbocycles. The molecule has 1 aliphatic heterocycles. The van der Waals surface area contributed by atoms with Crippen LogP contribution in [0.5, 0.6) is 5.75 Å². The first-order valence-corrected chi connectivity index (χ1v) is 5.99. The Balaban J connectivity index is 1.97. The normalized spacial score (nSPS) is 14.8. The second-order valence-electron chi connectivity index (χ2n) is 4.07. The molecule has 18 heavy (non-hydrogen) atoms. The van der Waals surface area contributed by atoms with E-state index in [2.05, 4.69) is 16.1 Å². The van der Waals surface area contributed by atoms with Gasteiger partial charge in [-0.05, 0) is 36.2 Å². The molecule has 0 amide bonds. The Kier molecular flexibility index (Phi) is 4.36. The third kappa shape index (κ3) is 3.34. The number of nitrogens with one attached hydrogen (secondary N) is 1. The lowest BCUT2D eigenvalue weighted by molar-refractivity contribution is -0.142. The standard InChI is InChI=1S/C14H17NO3/c1-17-14(16)10-18-13-4-2-11(3-5-13)12-6-8-15-9-7-12/h2-6,15H,7-10H2,1H3. The maximum Gasteiger partial charge on any atom is 0.343 e. The van der Waals surface area contributed by atoms with Crippen molar-refractivity contribution in [3.63, 3.8) is 0 Å². The van der Waals surface area contributed by atoms with Crippen LogP contribution in [0.3, 0.4) is 0 Å². The van der Waals surface area contributed by atoms with Crippen LogP contribution >= 0.6 is 0 Å². The van der Waals surface area contributed by atoms with Crippen molar-refractivity contribution in [3.05, 3.63) is 35.9 Å². The zero-order chi connectivity index (χ0) is 12.8. The molecule has 1 aromatic rings. The van der Waals surface area contributed by atoms with E-state index in [0.29, 0.717) is 5.75 Å². The van der Waals surface area contributed by atoms with Gasteiger partial charge in [0, 0.05) is 6.54 Å². The Morgan fingerprint density at radius 2 is 2.11 bits per heavy atom. The maximum atomic E-state index is 10.9. The van der Waals surface area contributed by atoms with E-state index in [0.717, 1.165) is 19.5 Å². The SMILES string of the molecule is COC(=O)COc1ccc(C2=CCNCC2)cc1. The van der Waals surface area contributed by atoms with Gasteiger partial charge in [0.25, 0.3) is 0 Å². The van der Waals surface area contributed by atoms with Crippen LogP contribution in [-0.2, 0) is 9.53 Å². The molecule has 0 atom stereocenters. The summed E-state index contributed by atoms with van der Waals surface area (Å²) in [5.41, 5.74) is 2.56. The molecular formula is C14H17NO3. The van der Waals surface area contributed by atoms with Gasteiger partial charge < -0.3 is 14.8 Å². The minimum Gasteiger partial charge on any atom is -0.482 e. The minimum absolute atomic E-state index is 0.0531. The fourth-order valence-electron chi connectivity index (χ4n) is 1.85. The number of ether oxygens (including phenoxy) is 2. The third-order valence-electron chi connectivity index (χ3n) is 2.87. The summed E-state index contributed by atoms with van der Waals surface area (Å²) in [7, 11) is 1.35. The Hall–Kier alpha value is -1.81. The first-order chi connectivity index (χ1) is 8.79. The zero-order valence-corrected chi connectivity index (χ0v) is 10.4. The Morgan fingerprint density at radius 3 is 2.72 bits per heavy atom. The highest BCUT2D eigenvalue weighted by Crippen LogP contribution is 2.22. The van der Waals surface area contributed by atoms with Gasteiger partial charge in [0.2, 0.25) is 0 Å². The summed E-state index contributed by atoms with van der Waals surface area (Å²) < 4.78 is 9.81. The highest BCUT2D eigenvalue weighted by Gasteiger charge is 2.06. The Bertz CT molecular complexity index is 437. The first-order valence-electron chi connectivity index (χ1n) is 5.99. The van der Waals surface area contributed by atoms with Gasteiger partial charge in [0.15, 0.2) is 6.61 Å². The fraction of sp³-hybridized carbons (Fsp3) is 0.357. The van der Waals surface area contributed by atoms with E-state index in [1.807, 2.05) is 24.3 Å². The van der Waals surface area contributed by atoms with E-state index in [9.17, 15) is 4.79 Å². The van der Waals surface area contributed by atoms with Crippen LogP contribution in [0, 0.1) is 0 Å². The molecule has 4 heteroatoms. The molecule has 4 nitrogen and oxygen atoms in total. The quantitative estimate of drug-likeness (QED) is 0.821. The summed E-state index contributed by atoms with van der Waals surface area (Å²) >= 11 is 0. The van der Waals surface area contributed by atoms with Crippen LogP contribution in [-0.4, -0.2) is 32.8 Å². The molecule has 0 spiro atoms. The summed E-state index contributed by atoms with van der Waals surface area (Å²) in [4.78, 5) is 10.9. The molecule has 0 aromatic heterocycles. The van der Waals surface area contributed by atoms with E-state index in [-0.39, 0.29) is 12.6 Å². The van der Waals surface area contributed by atoms with Gasteiger partial charge in [0.1, 0.15) is 5.75 Å². The van der Waals surface area contributed by atoms with Crippen molar-refractivity contribution in [1.29, 1.82) is 0 Å². The highest BCUT2D eigenvalue weighted by atomic mass is 16.6. The molecule has 1 aliphatic rings. The number of carbonyl (C=O) groups is 1. The van der Waals surface area contributed by atoms with Gasteiger partial charge in [-0.3, -0.25) is 0 Å². The van der Waals surface area contributed by atoms with Gasteiger partial charge in [-0.25, -0.2) is 4.79 Å². The van der Waals surface area contributed by atoms with E-state index >= 15 is 0 Å². The van der Waals surface area contributed by atoms with Crippen LogP contribution in [0.2, 0.25) is 0 Å². The monoisotopic (exact) mass is 247 g/mol. The minimum atomic E-state index is -0.375. The zero-order valence-electron chi connectivity index (χ0n) is 10.4. The van der Waals surface area contributed by atoms with Crippen LogP contribution < -0.4 is 10.1 Å². The number of carbonyl (C=O) groups excluding carboxylic acids is 1. The van der Waals surface area contributed by atoms with Crippen molar-refractivity contribution in [3.8, 4) is 5.75 Å². The van der Waals surface area contributed by atoms with Gasteiger partial charge in [-0.1, -0.05) is 18.2 Å². The van der Waals surface area contributed by atoms with Crippen LogP contribution in [0.4, 0.5) is 0 Å². The fourth-order valence-corrected chi connectivity index (χ4v) is 1.85. The number of hydrogen-bond donors (Lipinski definition) is 1. The van der Waals surface area contributed by atoms with Gasteiger partial charge in [0.05, 0.1) is 7.11 Å². The molecule has 1 aromatic carbocycles. The molecule has 1 heterocycles. The maximum absolute atomic E-state index is 10.9. The summed E-state index contributed by atoms with van der Waals surface area (Å²) in [6.07, 6.45) is 3.25. The van der Waals surface area contributed by atoms with Gasteiger partial charge in [-0.15, -0.1) is 0 Å². The molecular weight excluding hydrogens is 230 g/mol. The predicted molar refractivity (Wildman–Crippen MR) is 69.4 cm³/mol. The summed E-state index contributed by atoms with van der Waals surface area (Å²) in [6.45, 7) is 1.89. The molecule has 96 valence electrons. The highest BCUT2D eigenvalue weighted by molar-refractivity contribution is 5.71. The van der Waals surface area contributed by atoms with E-state index in [1.54, 1.807) is 0 Å². The first kappa shape index (κ1) is 12.6. The second kappa shape index (κ2) is 6.21. The topological polar surface area (TPSA) is 47.6 Å². The van der Waals surface area contributed by atoms with E-state index in [4.69, 9.17) is 4.74 Å². The lowest BCUT2D eigenvalue weighted by atomic mass is 10.0. The van der Waals surface area contributed by atoms with Gasteiger partial charge >= 0.3 is 5.97 Å².